The Morgan fingerprint density at radius 3 is 2.61 bits per heavy atom. The second kappa shape index (κ2) is 6.22. The highest BCUT2D eigenvalue weighted by atomic mass is 16.5. The van der Waals surface area contributed by atoms with Gasteiger partial charge in [0.25, 0.3) is 0 Å². The Bertz CT molecular complexity index is 660. The van der Waals surface area contributed by atoms with Gasteiger partial charge < -0.3 is 9.84 Å². The normalized spacial score (nSPS) is 55.0. The van der Waals surface area contributed by atoms with Crippen LogP contribution in [0.5, 0.6) is 0 Å². The van der Waals surface area contributed by atoms with Gasteiger partial charge in [-0.25, -0.2) is 0 Å². The van der Waals surface area contributed by atoms with Crippen molar-refractivity contribution >= 4 is 5.97 Å². The Labute approximate surface area is 171 Å². The van der Waals surface area contributed by atoms with Crippen LogP contribution >= 0.6 is 0 Å². The van der Waals surface area contributed by atoms with E-state index in [0.29, 0.717) is 40.6 Å². The number of fused-ring (bicyclic) bond motifs is 4. The fraction of sp³-hybridized carbons (Fsp3) is 0.960. The summed E-state index contributed by atoms with van der Waals surface area (Å²) >= 11 is 0. The predicted octanol–water partition coefficient (Wildman–Crippen LogP) is 5.77. The van der Waals surface area contributed by atoms with Gasteiger partial charge in [0.2, 0.25) is 0 Å². The lowest BCUT2D eigenvalue weighted by molar-refractivity contribution is -0.161. The molecule has 0 heterocycles. The molecule has 5 aliphatic carbocycles. The molecule has 0 aliphatic heterocycles. The SMILES string of the molecule is CO[C@@H]1CC2C3CCC([C@H](C)CCC(=O)O)[C@@]3(C)CCC2[C@@]2(C)CC[C@H]3CC312. The van der Waals surface area contributed by atoms with Crippen LogP contribution in [0.3, 0.4) is 0 Å². The standard InChI is InChI=1S/C25H40O3/c1-15(5-8-22(26)27)18-6-7-19-17-13-21(28-4)25-14-16(25)9-12-24(25,3)20(17)10-11-23(18,19)2/h15-21H,5-14H2,1-4H3,(H,26,27)/t15-,16+,17?,18?,19?,20?,21-,23-,24-,25?/m1/s1. The lowest BCUT2D eigenvalue weighted by Crippen LogP contribution is -2.57. The van der Waals surface area contributed by atoms with Crippen molar-refractivity contribution < 1.29 is 14.6 Å². The van der Waals surface area contributed by atoms with Gasteiger partial charge >= 0.3 is 5.97 Å². The first-order chi connectivity index (χ1) is 13.3. The van der Waals surface area contributed by atoms with Gasteiger partial charge in [0.15, 0.2) is 0 Å². The first-order valence-electron chi connectivity index (χ1n) is 12.0. The molecular formula is C25H40O3. The second-order valence-electron chi connectivity index (χ2n) is 11.9. The molecule has 0 saturated heterocycles. The maximum atomic E-state index is 11.1. The number of methoxy groups -OCH3 is 1. The number of ether oxygens (including phenoxy) is 1. The van der Waals surface area contributed by atoms with Gasteiger partial charge in [-0.05, 0) is 104 Å². The molecule has 3 nitrogen and oxygen atoms in total. The highest BCUT2D eigenvalue weighted by molar-refractivity contribution is 5.66. The minimum Gasteiger partial charge on any atom is -0.481 e. The van der Waals surface area contributed by atoms with Gasteiger partial charge in [-0.15, -0.1) is 0 Å². The molecule has 5 rings (SSSR count). The number of carbonyl (C=O) groups is 1. The molecule has 5 aliphatic rings. The van der Waals surface area contributed by atoms with E-state index in [-0.39, 0.29) is 0 Å². The highest BCUT2D eigenvalue weighted by Gasteiger charge is 2.77. The molecule has 5 saturated carbocycles. The number of aliphatic carboxylic acids is 1. The number of carboxylic acids is 1. The van der Waals surface area contributed by atoms with Crippen LogP contribution in [0.2, 0.25) is 0 Å². The van der Waals surface area contributed by atoms with Crippen LogP contribution in [0.15, 0.2) is 0 Å². The molecule has 0 aromatic carbocycles. The summed E-state index contributed by atoms with van der Waals surface area (Å²) in [4.78, 5) is 11.1. The van der Waals surface area contributed by atoms with E-state index in [1.165, 1.54) is 51.4 Å². The topological polar surface area (TPSA) is 46.5 Å². The summed E-state index contributed by atoms with van der Waals surface area (Å²) in [7, 11) is 1.97. The predicted molar refractivity (Wildman–Crippen MR) is 110 cm³/mol. The van der Waals surface area contributed by atoms with Crippen LogP contribution < -0.4 is 0 Å². The van der Waals surface area contributed by atoms with Crippen molar-refractivity contribution in [1.82, 2.24) is 0 Å². The van der Waals surface area contributed by atoms with E-state index in [0.717, 1.165) is 30.1 Å². The average Bonchev–Trinajstić information content (AvgIpc) is 3.16. The lowest BCUT2D eigenvalue weighted by Gasteiger charge is -2.61. The van der Waals surface area contributed by atoms with Crippen molar-refractivity contribution in [3.8, 4) is 0 Å². The summed E-state index contributed by atoms with van der Waals surface area (Å²) in [5.74, 6) is 4.11. The van der Waals surface area contributed by atoms with E-state index in [4.69, 9.17) is 9.84 Å². The molecule has 0 aromatic heterocycles. The van der Waals surface area contributed by atoms with Gasteiger partial charge in [0.1, 0.15) is 0 Å². The smallest absolute Gasteiger partial charge is 0.303 e. The largest absolute Gasteiger partial charge is 0.481 e. The Morgan fingerprint density at radius 1 is 1.14 bits per heavy atom. The van der Waals surface area contributed by atoms with Crippen molar-refractivity contribution in [2.75, 3.05) is 7.11 Å². The maximum Gasteiger partial charge on any atom is 0.303 e. The average molecular weight is 389 g/mol. The zero-order valence-corrected chi connectivity index (χ0v) is 18.4. The van der Waals surface area contributed by atoms with Gasteiger partial charge in [-0.1, -0.05) is 20.8 Å². The summed E-state index contributed by atoms with van der Waals surface area (Å²) in [6.07, 6.45) is 12.7. The van der Waals surface area contributed by atoms with E-state index in [1.807, 2.05) is 7.11 Å². The van der Waals surface area contributed by atoms with Crippen molar-refractivity contribution in [3.05, 3.63) is 0 Å². The first kappa shape index (κ1) is 19.4. The van der Waals surface area contributed by atoms with E-state index in [2.05, 4.69) is 20.8 Å². The van der Waals surface area contributed by atoms with Gasteiger partial charge in [0.05, 0.1) is 6.10 Å². The fourth-order valence-corrected chi connectivity index (χ4v) is 10.1. The van der Waals surface area contributed by atoms with E-state index in [9.17, 15) is 4.79 Å². The molecule has 0 radical (unpaired) electrons. The third kappa shape index (κ3) is 2.29. The van der Waals surface area contributed by atoms with Crippen molar-refractivity contribution in [2.24, 2.45) is 51.8 Å². The first-order valence-corrected chi connectivity index (χ1v) is 12.0. The lowest BCUT2D eigenvalue weighted by atomic mass is 9.45. The second-order valence-corrected chi connectivity index (χ2v) is 11.9. The van der Waals surface area contributed by atoms with Crippen LogP contribution in [-0.4, -0.2) is 24.3 Å². The monoisotopic (exact) mass is 388 g/mol. The van der Waals surface area contributed by atoms with Crippen molar-refractivity contribution in [2.45, 2.75) is 91.1 Å². The van der Waals surface area contributed by atoms with Crippen molar-refractivity contribution in [3.63, 3.8) is 0 Å². The molecule has 1 spiro atoms. The minimum atomic E-state index is -0.635. The number of rotatable bonds is 5. The molecular weight excluding hydrogens is 348 g/mol. The summed E-state index contributed by atoms with van der Waals surface area (Å²) in [5, 5.41) is 9.14. The van der Waals surface area contributed by atoms with E-state index < -0.39 is 5.97 Å². The van der Waals surface area contributed by atoms with Gasteiger partial charge in [0, 0.05) is 18.9 Å². The number of hydrogen-bond acceptors (Lipinski definition) is 2. The van der Waals surface area contributed by atoms with Gasteiger partial charge in [-0.2, -0.15) is 0 Å². The molecule has 28 heavy (non-hydrogen) atoms. The van der Waals surface area contributed by atoms with Crippen LogP contribution in [0.25, 0.3) is 0 Å². The number of hydrogen-bond donors (Lipinski definition) is 1. The zero-order valence-electron chi connectivity index (χ0n) is 18.4. The van der Waals surface area contributed by atoms with Crippen LogP contribution in [-0.2, 0) is 9.53 Å². The molecule has 1 N–H and O–H groups in total. The Morgan fingerprint density at radius 2 is 1.93 bits per heavy atom. The highest BCUT2D eigenvalue weighted by Crippen LogP contribution is 2.82. The summed E-state index contributed by atoms with van der Waals surface area (Å²) < 4.78 is 6.22. The Balaban J connectivity index is 1.40. The number of carboxylic acid groups (broad SMARTS) is 1. The Kier molecular flexibility index (Phi) is 4.31. The zero-order chi connectivity index (χ0) is 19.9. The molecule has 0 bridgehead atoms. The molecule has 0 amide bonds. The molecule has 158 valence electrons. The minimum absolute atomic E-state index is 0.332. The fourth-order valence-electron chi connectivity index (χ4n) is 10.1. The molecule has 10 atom stereocenters. The van der Waals surface area contributed by atoms with E-state index in [1.54, 1.807) is 0 Å². The third-order valence-corrected chi connectivity index (χ3v) is 11.4. The Hall–Kier alpha value is -0.570. The van der Waals surface area contributed by atoms with Crippen LogP contribution in [0, 0.1) is 51.8 Å². The van der Waals surface area contributed by atoms with Crippen LogP contribution in [0.1, 0.15) is 85.0 Å². The maximum absolute atomic E-state index is 11.1. The molecule has 5 fully saturated rings. The van der Waals surface area contributed by atoms with E-state index >= 15 is 0 Å². The van der Waals surface area contributed by atoms with Crippen LogP contribution in [0.4, 0.5) is 0 Å². The quantitative estimate of drug-likeness (QED) is 0.650. The summed E-state index contributed by atoms with van der Waals surface area (Å²) in [6, 6.07) is 0. The molecule has 3 heteroatoms. The summed E-state index contributed by atoms with van der Waals surface area (Å²) in [5.41, 5.74) is 1.44. The molecule has 5 unspecified atom stereocenters. The van der Waals surface area contributed by atoms with Gasteiger partial charge in [-0.3, -0.25) is 4.79 Å². The summed E-state index contributed by atoms with van der Waals surface area (Å²) in [6.45, 7) is 7.55. The molecule has 0 aromatic rings. The third-order valence-electron chi connectivity index (χ3n) is 11.4. The van der Waals surface area contributed by atoms with Crippen molar-refractivity contribution in [1.29, 1.82) is 0 Å².